The van der Waals surface area contributed by atoms with Crippen molar-refractivity contribution in [2.45, 2.75) is 31.2 Å². The molecule has 2 aliphatic rings. The topological polar surface area (TPSA) is 49.3 Å². The van der Waals surface area contributed by atoms with E-state index in [9.17, 15) is 4.79 Å². The van der Waals surface area contributed by atoms with Crippen LogP contribution in [0, 0.1) is 11.8 Å². The maximum atomic E-state index is 12.6. The highest BCUT2D eigenvalue weighted by Gasteiger charge is 2.37. The fourth-order valence-corrected chi connectivity index (χ4v) is 3.02. The summed E-state index contributed by atoms with van der Waals surface area (Å²) >= 11 is 0. The van der Waals surface area contributed by atoms with E-state index >= 15 is 0 Å². The Morgan fingerprint density at radius 3 is 2.60 bits per heavy atom. The molecule has 20 heavy (non-hydrogen) atoms. The molecule has 3 nitrogen and oxygen atoms in total. The van der Waals surface area contributed by atoms with Gasteiger partial charge in [0.05, 0.1) is 5.92 Å². The number of aliphatic hydroxyl groups excluding tert-OH is 1. The van der Waals surface area contributed by atoms with E-state index < -0.39 is 0 Å². The Balaban J connectivity index is 1.67. The Morgan fingerprint density at radius 2 is 2.00 bits per heavy atom. The zero-order valence-electron chi connectivity index (χ0n) is 11.5. The molecule has 1 aromatic carbocycles. The predicted octanol–water partition coefficient (Wildman–Crippen LogP) is 2.23. The second kappa shape index (κ2) is 5.80. The summed E-state index contributed by atoms with van der Waals surface area (Å²) in [6.45, 7) is 0.160. The van der Waals surface area contributed by atoms with Crippen molar-refractivity contribution in [2.75, 3.05) is 6.61 Å². The number of rotatable bonds is 5. The van der Waals surface area contributed by atoms with Crippen LogP contribution in [0.25, 0.3) is 0 Å². The number of carbonyl (C=O) groups is 1. The fourth-order valence-electron chi connectivity index (χ4n) is 3.02. The summed E-state index contributed by atoms with van der Waals surface area (Å²) in [7, 11) is 0. The van der Waals surface area contributed by atoms with Crippen molar-refractivity contribution in [2.24, 2.45) is 11.8 Å². The molecule has 3 atom stereocenters. The van der Waals surface area contributed by atoms with Crippen molar-refractivity contribution in [3.05, 3.63) is 48.0 Å². The van der Waals surface area contributed by atoms with Crippen LogP contribution >= 0.6 is 0 Å². The van der Waals surface area contributed by atoms with Gasteiger partial charge in [-0.15, -0.1) is 0 Å². The monoisotopic (exact) mass is 271 g/mol. The first kappa shape index (κ1) is 13.4. The number of carbonyl (C=O) groups excluding carboxylic acids is 1. The normalized spacial score (nSPS) is 26.4. The smallest absolute Gasteiger partial charge is 0.228 e. The van der Waals surface area contributed by atoms with Crippen LogP contribution in [0.2, 0.25) is 0 Å². The molecule has 0 heterocycles. The van der Waals surface area contributed by atoms with E-state index in [0.717, 1.165) is 24.8 Å². The van der Waals surface area contributed by atoms with Crippen molar-refractivity contribution >= 4 is 5.91 Å². The van der Waals surface area contributed by atoms with E-state index in [1.165, 1.54) is 0 Å². The first-order valence-corrected chi connectivity index (χ1v) is 7.42. The Bertz CT molecular complexity index is 493. The lowest BCUT2D eigenvalue weighted by Crippen LogP contribution is -2.37. The number of benzene rings is 1. The summed E-state index contributed by atoms with van der Waals surface area (Å²) < 4.78 is 0. The third kappa shape index (κ3) is 2.93. The molecule has 0 radical (unpaired) electrons. The SMILES string of the molecule is O=C(N[C@@H]1C=C[C@H](CO)C1)C(c1ccccc1)C1CC1. The number of hydrogen-bond donors (Lipinski definition) is 2. The Morgan fingerprint density at radius 1 is 1.25 bits per heavy atom. The van der Waals surface area contributed by atoms with E-state index in [4.69, 9.17) is 5.11 Å². The molecule has 0 aromatic heterocycles. The average molecular weight is 271 g/mol. The van der Waals surface area contributed by atoms with Gasteiger partial charge in [-0.25, -0.2) is 0 Å². The van der Waals surface area contributed by atoms with Crippen molar-refractivity contribution in [1.82, 2.24) is 5.32 Å². The maximum Gasteiger partial charge on any atom is 0.228 e. The van der Waals surface area contributed by atoms with Gasteiger partial charge in [-0.1, -0.05) is 42.5 Å². The Hall–Kier alpha value is -1.61. The summed E-state index contributed by atoms with van der Waals surface area (Å²) in [6, 6.07) is 10.1. The van der Waals surface area contributed by atoms with Crippen LogP contribution in [0.15, 0.2) is 42.5 Å². The molecule has 2 N–H and O–H groups in total. The van der Waals surface area contributed by atoms with Crippen LogP contribution < -0.4 is 5.32 Å². The molecule has 1 fully saturated rings. The summed E-state index contributed by atoms with van der Waals surface area (Å²) in [5, 5.41) is 12.3. The fraction of sp³-hybridized carbons (Fsp3) is 0.471. The minimum Gasteiger partial charge on any atom is -0.396 e. The average Bonchev–Trinajstić information content (AvgIpc) is 3.19. The van der Waals surface area contributed by atoms with Gasteiger partial charge in [-0.05, 0) is 30.7 Å². The van der Waals surface area contributed by atoms with Gasteiger partial charge >= 0.3 is 0 Å². The summed E-state index contributed by atoms with van der Waals surface area (Å²) in [5.74, 6) is 0.803. The van der Waals surface area contributed by atoms with Crippen LogP contribution in [-0.4, -0.2) is 23.7 Å². The molecule has 3 rings (SSSR count). The van der Waals surface area contributed by atoms with Crippen LogP contribution in [0.3, 0.4) is 0 Å². The van der Waals surface area contributed by atoms with Crippen molar-refractivity contribution < 1.29 is 9.90 Å². The first-order chi connectivity index (χ1) is 9.78. The van der Waals surface area contributed by atoms with Gasteiger partial charge in [0.25, 0.3) is 0 Å². The largest absolute Gasteiger partial charge is 0.396 e. The van der Waals surface area contributed by atoms with Crippen molar-refractivity contribution in [3.63, 3.8) is 0 Å². The minimum absolute atomic E-state index is 0.0159. The van der Waals surface area contributed by atoms with Crippen LogP contribution in [0.1, 0.15) is 30.7 Å². The molecule has 2 aliphatic carbocycles. The minimum atomic E-state index is -0.0159. The number of aliphatic hydroxyl groups is 1. The molecule has 106 valence electrons. The lowest BCUT2D eigenvalue weighted by atomic mass is 9.93. The van der Waals surface area contributed by atoms with Gasteiger partial charge in [-0.3, -0.25) is 4.79 Å². The molecule has 0 aliphatic heterocycles. The van der Waals surface area contributed by atoms with E-state index in [1.807, 2.05) is 42.5 Å². The zero-order valence-corrected chi connectivity index (χ0v) is 11.5. The first-order valence-electron chi connectivity index (χ1n) is 7.42. The molecule has 0 saturated heterocycles. The summed E-state index contributed by atoms with van der Waals surface area (Å²) in [5.41, 5.74) is 1.12. The van der Waals surface area contributed by atoms with Gasteiger partial charge in [0.1, 0.15) is 0 Å². The molecule has 3 heteroatoms. The van der Waals surface area contributed by atoms with Crippen LogP contribution in [-0.2, 0) is 4.79 Å². The van der Waals surface area contributed by atoms with E-state index in [1.54, 1.807) is 0 Å². The van der Waals surface area contributed by atoms with Gasteiger partial charge in [0, 0.05) is 18.6 Å². The summed E-state index contributed by atoms with van der Waals surface area (Å²) in [4.78, 5) is 12.6. The second-order valence-electron chi connectivity index (χ2n) is 5.90. The second-order valence-corrected chi connectivity index (χ2v) is 5.90. The third-order valence-corrected chi connectivity index (χ3v) is 4.27. The van der Waals surface area contributed by atoms with Crippen molar-refractivity contribution in [3.8, 4) is 0 Å². The van der Waals surface area contributed by atoms with Gasteiger partial charge in [0.2, 0.25) is 5.91 Å². The molecule has 1 saturated carbocycles. The van der Waals surface area contributed by atoms with Gasteiger partial charge < -0.3 is 10.4 Å². The standard InChI is InChI=1S/C17H21NO2/c19-11-12-6-9-15(10-12)18-17(20)16(14-7-8-14)13-4-2-1-3-5-13/h1-6,9,12,14-16,19H,7-8,10-11H2,(H,18,20)/t12-,15+,16?/m0/s1. The molecule has 1 aromatic rings. The molecule has 1 amide bonds. The van der Waals surface area contributed by atoms with Gasteiger partial charge in [0.15, 0.2) is 0 Å². The zero-order chi connectivity index (χ0) is 13.9. The quantitative estimate of drug-likeness (QED) is 0.807. The maximum absolute atomic E-state index is 12.6. The lowest BCUT2D eigenvalue weighted by molar-refractivity contribution is -0.123. The highest BCUT2D eigenvalue weighted by atomic mass is 16.3. The van der Waals surface area contributed by atoms with E-state index in [-0.39, 0.29) is 30.4 Å². The highest BCUT2D eigenvalue weighted by molar-refractivity contribution is 5.84. The number of hydrogen-bond acceptors (Lipinski definition) is 2. The molecular weight excluding hydrogens is 250 g/mol. The number of amides is 1. The molecule has 0 spiro atoms. The Labute approximate surface area is 119 Å². The lowest BCUT2D eigenvalue weighted by Gasteiger charge is -2.20. The van der Waals surface area contributed by atoms with Crippen LogP contribution in [0.4, 0.5) is 0 Å². The van der Waals surface area contributed by atoms with Gasteiger partial charge in [-0.2, -0.15) is 0 Å². The molecule has 1 unspecified atom stereocenters. The predicted molar refractivity (Wildman–Crippen MR) is 78.2 cm³/mol. The highest BCUT2D eigenvalue weighted by Crippen LogP contribution is 2.42. The number of nitrogens with one attached hydrogen (secondary N) is 1. The van der Waals surface area contributed by atoms with Crippen molar-refractivity contribution in [1.29, 1.82) is 0 Å². The third-order valence-electron chi connectivity index (χ3n) is 4.27. The van der Waals surface area contributed by atoms with E-state index in [0.29, 0.717) is 5.92 Å². The Kier molecular flexibility index (Phi) is 3.88. The molecular formula is C17H21NO2. The molecule has 0 bridgehead atoms. The van der Waals surface area contributed by atoms with Crippen LogP contribution in [0.5, 0.6) is 0 Å². The summed E-state index contributed by atoms with van der Waals surface area (Å²) in [6.07, 6.45) is 7.11. The van der Waals surface area contributed by atoms with E-state index in [2.05, 4.69) is 5.32 Å².